The van der Waals surface area contributed by atoms with Gasteiger partial charge < -0.3 is 9.73 Å². The van der Waals surface area contributed by atoms with Gasteiger partial charge in [-0.25, -0.2) is 13.1 Å². The summed E-state index contributed by atoms with van der Waals surface area (Å²) >= 11 is 0. The summed E-state index contributed by atoms with van der Waals surface area (Å²) in [5.74, 6) is 0.384. The summed E-state index contributed by atoms with van der Waals surface area (Å²) in [4.78, 5) is 0. The highest BCUT2D eigenvalue weighted by molar-refractivity contribution is 7.89. The first-order chi connectivity index (χ1) is 7.18. The maximum absolute atomic E-state index is 11.6. The number of hydrogen-bond donors (Lipinski definition) is 2. The molecule has 2 heterocycles. The smallest absolute Gasteiger partial charge is 0.273 e. The van der Waals surface area contributed by atoms with E-state index >= 15 is 0 Å². The molecule has 1 atom stereocenters. The number of furan rings is 1. The zero-order valence-corrected chi connectivity index (χ0v) is 10.3. The van der Waals surface area contributed by atoms with Crippen LogP contribution in [0.4, 0.5) is 0 Å². The van der Waals surface area contributed by atoms with Crippen LogP contribution < -0.4 is 10.0 Å². The van der Waals surface area contributed by atoms with Gasteiger partial charge in [-0.2, -0.15) is 0 Å². The van der Waals surface area contributed by atoms with Gasteiger partial charge in [-0.1, -0.05) is 0 Å². The van der Waals surface area contributed by atoms with E-state index in [1.807, 2.05) is 0 Å². The van der Waals surface area contributed by atoms with Gasteiger partial charge >= 0.3 is 0 Å². The van der Waals surface area contributed by atoms with E-state index in [0.717, 1.165) is 19.5 Å². The molecule has 1 aliphatic heterocycles. The lowest BCUT2D eigenvalue weighted by Crippen LogP contribution is -2.30. The van der Waals surface area contributed by atoms with E-state index < -0.39 is 10.0 Å². The van der Waals surface area contributed by atoms with Crippen LogP contribution in [-0.2, 0) is 10.0 Å². The van der Waals surface area contributed by atoms with Crippen molar-refractivity contribution in [3.63, 3.8) is 0 Å². The summed E-state index contributed by atoms with van der Waals surface area (Å²) in [5.41, 5.74) is 0. The molecule has 1 unspecified atom stereocenters. The maximum Gasteiger partial charge on any atom is 0.273 e. The summed E-state index contributed by atoms with van der Waals surface area (Å²) in [7, 11) is -3.45. The molecule has 2 rings (SSSR count). The SMILES string of the molecule is Cl.O=S(=O)(NCC1CCNC1)c1ccco1. The summed E-state index contributed by atoms with van der Waals surface area (Å²) in [5, 5.41) is 3.17. The molecule has 0 spiro atoms. The largest absolute Gasteiger partial charge is 0.452 e. The van der Waals surface area contributed by atoms with Crippen molar-refractivity contribution in [2.45, 2.75) is 11.5 Å². The lowest BCUT2D eigenvalue weighted by Gasteiger charge is -2.08. The highest BCUT2D eigenvalue weighted by Crippen LogP contribution is 2.11. The Bertz CT molecular complexity index is 398. The van der Waals surface area contributed by atoms with Crippen LogP contribution in [0.25, 0.3) is 0 Å². The van der Waals surface area contributed by atoms with Crippen molar-refractivity contribution in [1.29, 1.82) is 0 Å². The molecular formula is C9H15ClN2O3S. The van der Waals surface area contributed by atoms with Crippen molar-refractivity contribution in [2.75, 3.05) is 19.6 Å². The van der Waals surface area contributed by atoms with Gasteiger partial charge in [0, 0.05) is 6.54 Å². The summed E-state index contributed by atoms with van der Waals surface area (Å²) < 4.78 is 30.6. The standard InChI is InChI=1S/C9H14N2O3S.ClH/c12-15(13,9-2-1-5-14-9)11-7-8-3-4-10-6-8;/h1-2,5,8,10-11H,3-4,6-7H2;1H. The van der Waals surface area contributed by atoms with Crippen LogP contribution in [-0.4, -0.2) is 28.1 Å². The highest BCUT2D eigenvalue weighted by atomic mass is 35.5. The Kier molecular flexibility index (Phi) is 4.79. The van der Waals surface area contributed by atoms with Gasteiger partial charge in [-0.15, -0.1) is 12.4 Å². The molecule has 92 valence electrons. The fraction of sp³-hybridized carbons (Fsp3) is 0.556. The first kappa shape index (κ1) is 13.5. The molecule has 1 saturated heterocycles. The van der Waals surface area contributed by atoms with Gasteiger partial charge in [-0.05, 0) is 37.6 Å². The monoisotopic (exact) mass is 266 g/mol. The summed E-state index contributed by atoms with van der Waals surface area (Å²) in [6.45, 7) is 2.31. The second kappa shape index (κ2) is 5.67. The fourth-order valence-electron chi connectivity index (χ4n) is 1.60. The molecule has 1 fully saturated rings. The Morgan fingerprint density at radius 3 is 2.94 bits per heavy atom. The van der Waals surface area contributed by atoms with E-state index in [-0.39, 0.29) is 17.5 Å². The Morgan fingerprint density at radius 1 is 1.56 bits per heavy atom. The van der Waals surface area contributed by atoms with Gasteiger partial charge in [-0.3, -0.25) is 0 Å². The van der Waals surface area contributed by atoms with Gasteiger partial charge in [0.1, 0.15) is 0 Å². The van der Waals surface area contributed by atoms with Gasteiger partial charge in [0.25, 0.3) is 10.0 Å². The number of halogens is 1. The molecule has 16 heavy (non-hydrogen) atoms. The second-order valence-corrected chi connectivity index (χ2v) is 5.34. The minimum Gasteiger partial charge on any atom is -0.452 e. The Labute approximate surface area is 101 Å². The van der Waals surface area contributed by atoms with Crippen LogP contribution >= 0.6 is 12.4 Å². The topological polar surface area (TPSA) is 71.3 Å². The lowest BCUT2D eigenvalue weighted by atomic mass is 10.1. The average Bonchev–Trinajstić information content (AvgIpc) is 2.88. The molecule has 0 aliphatic carbocycles. The summed E-state index contributed by atoms with van der Waals surface area (Å²) in [6.07, 6.45) is 2.37. The molecule has 1 aromatic heterocycles. The van der Waals surface area contributed by atoms with E-state index in [0.29, 0.717) is 12.5 Å². The maximum atomic E-state index is 11.6. The first-order valence-electron chi connectivity index (χ1n) is 4.92. The number of hydrogen-bond acceptors (Lipinski definition) is 4. The normalized spacial score (nSPS) is 20.6. The van der Waals surface area contributed by atoms with Gasteiger partial charge in [0.05, 0.1) is 6.26 Å². The third-order valence-corrected chi connectivity index (χ3v) is 3.79. The molecule has 0 saturated carbocycles. The Morgan fingerprint density at radius 2 is 2.38 bits per heavy atom. The first-order valence-corrected chi connectivity index (χ1v) is 6.41. The molecule has 5 nitrogen and oxygen atoms in total. The molecule has 2 N–H and O–H groups in total. The van der Waals surface area contributed by atoms with E-state index in [9.17, 15) is 8.42 Å². The van der Waals surface area contributed by atoms with Crippen LogP contribution in [0.5, 0.6) is 0 Å². The van der Waals surface area contributed by atoms with Gasteiger partial charge in [0.2, 0.25) is 5.09 Å². The molecular weight excluding hydrogens is 252 g/mol. The number of rotatable bonds is 4. The second-order valence-electron chi connectivity index (χ2n) is 3.64. The van der Waals surface area contributed by atoms with E-state index in [1.54, 1.807) is 6.07 Å². The zero-order valence-electron chi connectivity index (χ0n) is 8.68. The Hall–Kier alpha value is -0.560. The van der Waals surface area contributed by atoms with Gasteiger partial charge in [0.15, 0.2) is 0 Å². The molecule has 1 aromatic rings. The van der Waals surface area contributed by atoms with Crippen LogP contribution in [0.3, 0.4) is 0 Å². The fourth-order valence-corrected chi connectivity index (χ4v) is 2.64. The van der Waals surface area contributed by atoms with Crippen molar-refractivity contribution < 1.29 is 12.8 Å². The third-order valence-electron chi connectivity index (χ3n) is 2.48. The van der Waals surface area contributed by atoms with Crippen molar-refractivity contribution in [3.8, 4) is 0 Å². The Balaban J connectivity index is 0.00000128. The van der Waals surface area contributed by atoms with Crippen molar-refractivity contribution in [2.24, 2.45) is 5.92 Å². The van der Waals surface area contributed by atoms with Crippen LogP contribution in [0.2, 0.25) is 0 Å². The number of nitrogens with one attached hydrogen (secondary N) is 2. The molecule has 0 radical (unpaired) electrons. The molecule has 0 aromatic carbocycles. The predicted molar refractivity (Wildman–Crippen MR) is 62.1 cm³/mol. The summed E-state index contributed by atoms with van der Waals surface area (Å²) in [6, 6.07) is 3.00. The number of sulfonamides is 1. The lowest BCUT2D eigenvalue weighted by molar-refractivity contribution is 0.442. The average molecular weight is 267 g/mol. The van der Waals surface area contributed by atoms with Crippen LogP contribution in [0.1, 0.15) is 6.42 Å². The highest BCUT2D eigenvalue weighted by Gasteiger charge is 2.20. The minimum atomic E-state index is -3.45. The minimum absolute atomic E-state index is 0. The van der Waals surface area contributed by atoms with Crippen molar-refractivity contribution in [1.82, 2.24) is 10.0 Å². The molecule has 7 heteroatoms. The van der Waals surface area contributed by atoms with Crippen LogP contribution in [0.15, 0.2) is 27.9 Å². The predicted octanol–water partition coefficient (Wildman–Crippen LogP) is 0.589. The quantitative estimate of drug-likeness (QED) is 0.837. The van der Waals surface area contributed by atoms with Crippen LogP contribution in [0, 0.1) is 5.92 Å². The van der Waals surface area contributed by atoms with E-state index in [2.05, 4.69) is 10.0 Å². The molecule has 0 bridgehead atoms. The molecule has 0 amide bonds. The third kappa shape index (κ3) is 3.21. The van der Waals surface area contributed by atoms with Crippen molar-refractivity contribution in [3.05, 3.63) is 18.4 Å². The van der Waals surface area contributed by atoms with E-state index in [4.69, 9.17) is 4.42 Å². The van der Waals surface area contributed by atoms with Crippen molar-refractivity contribution >= 4 is 22.4 Å². The zero-order chi connectivity index (χ0) is 10.7. The molecule has 1 aliphatic rings. The van der Waals surface area contributed by atoms with E-state index in [1.165, 1.54) is 12.3 Å².